The molecule has 1 aromatic rings. The van der Waals surface area contributed by atoms with E-state index in [1.165, 1.54) is 21.1 Å². The van der Waals surface area contributed by atoms with Gasteiger partial charge in [0.25, 0.3) is 11.8 Å². The van der Waals surface area contributed by atoms with E-state index in [-0.39, 0.29) is 6.54 Å². The molecule has 8 nitrogen and oxygen atoms in total. The Morgan fingerprint density at radius 1 is 1.12 bits per heavy atom. The van der Waals surface area contributed by atoms with Gasteiger partial charge in [-0.25, -0.2) is 0 Å². The fourth-order valence-corrected chi connectivity index (χ4v) is 1.79. The Hall–Kier alpha value is -2.61. The minimum Gasteiger partial charge on any atom is -0.496 e. The van der Waals surface area contributed by atoms with Gasteiger partial charge in [-0.2, -0.15) is 0 Å². The predicted octanol–water partition coefficient (Wildman–Crippen LogP) is 0.119. The number of para-hydroxylation sites is 1. The molecule has 0 fully saturated rings. The van der Waals surface area contributed by atoms with Gasteiger partial charge in [-0.15, -0.1) is 0 Å². The molecule has 0 saturated heterocycles. The summed E-state index contributed by atoms with van der Waals surface area (Å²) in [5, 5.41) is 4.97. The van der Waals surface area contributed by atoms with Gasteiger partial charge in [-0.05, 0) is 19.1 Å². The molecule has 0 bridgehead atoms. The average Bonchev–Trinajstić information content (AvgIpc) is 2.59. The van der Waals surface area contributed by atoms with E-state index in [0.29, 0.717) is 24.5 Å². The zero-order valence-electron chi connectivity index (χ0n) is 14.0. The van der Waals surface area contributed by atoms with Gasteiger partial charge < -0.3 is 24.8 Å². The summed E-state index contributed by atoms with van der Waals surface area (Å²) in [4.78, 5) is 35.4. The molecule has 1 aromatic carbocycles. The molecule has 2 amide bonds. The topological polar surface area (TPSA) is 103 Å². The zero-order chi connectivity index (χ0) is 17.9. The Balaban J connectivity index is 2.42. The summed E-state index contributed by atoms with van der Waals surface area (Å²) < 4.78 is 14.8. The van der Waals surface area contributed by atoms with Crippen molar-refractivity contribution in [3.63, 3.8) is 0 Å². The van der Waals surface area contributed by atoms with E-state index >= 15 is 0 Å². The molecule has 0 aliphatic heterocycles. The largest absolute Gasteiger partial charge is 0.496 e. The molecule has 0 aromatic heterocycles. The van der Waals surface area contributed by atoms with Crippen LogP contribution in [0.5, 0.6) is 5.75 Å². The maximum absolute atomic E-state index is 12.0. The maximum Gasteiger partial charge on any atom is 0.326 e. The summed E-state index contributed by atoms with van der Waals surface area (Å²) in [7, 11) is 2.96. The first kappa shape index (κ1) is 19.4. The third-order valence-electron chi connectivity index (χ3n) is 3.03. The number of benzene rings is 1. The molecule has 8 heteroatoms. The molecule has 0 radical (unpaired) electrons. The molecule has 0 aliphatic rings. The van der Waals surface area contributed by atoms with Crippen LogP contribution in [-0.2, 0) is 19.1 Å². The van der Waals surface area contributed by atoms with E-state index in [1.807, 2.05) is 0 Å². The number of esters is 1. The first-order valence-corrected chi connectivity index (χ1v) is 7.37. The minimum atomic E-state index is -0.961. The van der Waals surface area contributed by atoms with Gasteiger partial charge in [-0.3, -0.25) is 14.4 Å². The van der Waals surface area contributed by atoms with Crippen LogP contribution in [0.4, 0.5) is 0 Å². The van der Waals surface area contributed by atoms with Gasteiger partial charge in [0, 0.05) is 13.7 Å². The maximum atomic E-state index is 12.0. The minimum absolute atomic E-state index is 0.304. The lowest BCUT2D eigenvalue weighted by Gasteiger charge is -2.14. The summed E-state index contributed by atoms with van der Waals surface area (Å²) in [6.45, 7) is 1.78. The van der Waals surface area contributed by atoms with Crippen LogP contribution in [0.1, 0.15) is 17.3 Å². The van der Waals surface area contributed by atoms with Crippen LogP contribution in [0.3, 0.4) is 0 Å². The van der Waals surface area contributed by atoms with E-state index in [1.54, 1.807) is 24.3 Å². The van der Waals surface area contributed by atoms with E-state index in [0.717, 1.165) is 0 Å². The summed E-state index contributed by atoms with van der Waals surface area (Å²) in [6.07, 6.45) is -0.961. The van der Waals surface area contributed by atoms with Gasteiger partial charge in [0.2, 0.25) is 0 Å². The molecule has 132 valence electrons. The van der Waals surface area contributed by atoms with Gasteiger partial charge in [-0.1, -0.05) is 12.1 Å². The van der Waals surface area contributed by atoms with Gasteiger partial charge in [0.15, 0.2) is 6.10 Å². The smallest absolute Gasteiger partial charge is 0.326 e. The summed E-state index contributed by atoms with van der Waals surface area (Å²) in [6, 6.07) is 6.63. The SMILES string of the molecule is COCCNC(=O)[C@H](C)OC(=O)CNC(=O)c1ccccc1OC. The standard InChI is InChI=1S/C16H22N2O6/c1-11(15(20)17-8-9-22-2)24-14(19)10-18-16(21)12-6-4-5-7-13(12)23-3/h4-7,11H,8-10H2,1-3H3,(H,17,20)(H,18,21)/t11-/m0/s1. The third kappa shape index (κ3) is 6.25. The molecule has 0 heterocycles. The van der Waals surface area contributed by atoms with Crippen molar-refractivity contribution in [1.82, 2.24) is 10.6 Å². The third-order valence-corrected chi connectivity index (χ3v) is 3.03. The van der Waals surface area contributed by atoms with Crippen molar-refractivity contribution < 1.29 is 28.6 Å². The molecule has 1 rings (SSSR count). The molecule has 24 heavy (non-hydrogen) atoms. The van der Waals surface area contributed by atoms with Gasteiger partial charge in [0.1, 0.15) is 12.3 Å². The molecule has 0 aliphatic carbocycles. The van der Waals surface area contributed by atoms with Crippen molar-refractivity contribution in [1.29, 1.82) is 0 Å². The lowest BCUT2D eigenvalue weighted by atomic mass is 10.2. The van der Waals surface area contributed by atoms with Crippen molar-refractivity contribution >= 4 is 17.8 Å². The van der Waals surface area contributed by atoms with Crippen LogP contribution in [0, 0.1) is 0 Å². The summed E-state index contributed by atoms with van der Waals surface area (Å²) in [5.74, 6) is -1.22. The lowest BCUT2D eigenvalue weighted by molar-refractivity contribution is -0.153. The second-order valence-electron chi connectivity index (χ2n) is 4.80. The quantitative estimate of drug-likeness (QED) is 0.490. The monoisotopic (exact) mass is 338 g/mol. The second kappa shape index (κ2) is 10.2. The fraction of sp³-hybridized carbons (Fsp3) is 0.438. The average molecular weight is 338 g/mol. The Morgan fingerprint density at radius 3 is 2.50 bits per heavy atom. The molecule has 1 atom stereocenters. The van der Waals surface area contributed by atoms with Crippen LogP contribution < -0.4 is 15.4 Å². The van der Waals surface area contributed by atoms with Crippen LogP contribution in [0.25, 0.3) is 0 Å². The van der Waals surface area contributed by atoms with Crippen LogP contribution >= 0.6 is 0 Å². The van der Waals surface area contributed by atoms with Crippen molar-refractivity contribution in [3.8, 4) is 5.75 Å². The molecular weight excluding hydrogens is 316 g/mol. The molecule has 0 saturated carbocycles. The number of rotatable bonds is 9. The van der Waals surface area contributed by atoms with Crippen molar-refractivity contribution in [2.45, 2.75) is 13.0 Å². The highest BCUT2D eigenvalue weighted by atomic mass is 16.5. The predicted molar refractivity (Wildman–Crippen MR) is 85.8 cm³/mol. The number of hydrogen-bond acceptors (Lipinski definition) is 6. The zero-order valence-corrected chi connectivity index (χ0v) is 14.0. The highest BCUT2D eigenvalue weighted by molar-refractivity contribution is 5.98. The molecular formula is C16H22N2O6. The number of methoxy groups -OCH3 is 2. The fourth-order valence-electron chi connectivity index (χ4n) is 1.79. The lowest BCUT2D eigenvalue weighted by Crippen LogP contribution is -2.39. The number of amides is 2. The van der Waals surface area contributed by atoms with Crippen LogP contribution in [0.15, 0.2) is 24.3 Å². The number of ether oxygens (including phenoxy) is 3. The van der Waals surface area contributed by atoms with Crippen LogP contribution in [0.2, 0.25) is 0 Å². The number of carbonyl (C=O) groups excluding carboxylic acids is 3. The Labute approximate surface area is 140 Å². The Morgan fingerprint density at radius 2 is 1.83 bits per heavy atom. The van der Waals surface area contributed by atoms with E-state index in [2.05, 4.69) is 10.6 Å². The first-order valence-electron chi connectivity index (χ1n) is 7.37. The van der Waals surface area contributed by atoms with Crippen molar-refractivity contribution in [3.05, 3.63) is 29.8 Å². The van der Waals surface area contributed by atoms with Crippen molar-refractivity contribution in [2.75, 3.05) is 33.9 Å². The van der Waals surface area contributed by atoms with Gasteiger partial charge >= 0.3 is 5.97 Å². The first-order chi connectivity index (χ1) is 11.5. The number of hydrogen-bond donors (Lipinski definition) is 2. The highest BCUT2D eigenvalue weighted by Crippen LogP contribution is 2.16. The van der Waals surface area contributed by atoms with E-state index in [4.69, 9.17) is 14.2 Å². The number of nitrogens with one attached hydrogen (secondary N) is 2. The Bertz CT molecular complexity index is 575. The van der Waals surface area contributed by atoms with Crippen LogP contribution in [-0.4, -0.2) is 57.8 Å². The summed E-state index contributed by atoms with van der Waals surface area (Å²) in [5.41, 5.74) is 0.304. The van der Waals surface area contributed by atoms with Gasteiger partial charge in [0.05, 0.1) is 19.3 Å². The highest BCUT2D eigenvalue weighted by Gasteiger charge is 2.18. The van der Waals surface area contributed by atoms with E-state index < -0.39 is 23.9 Å². The number of carbonyl (C=O) groups is 3. The normalized spacial score (nSPS) is 11.3. The molecule has 0 spiro atoms. The van der Waals surface area contributed by atoms with E-state index in [9.17, 15) is 14.4 Å². The van der Waals surface area contributed by atoms with Crippen molar-refractivity contribution in [2.24, 2.45) is 0 Å². The second-order valence-corrected chi connectivity index (χ2v) is 4.80. The Kier molecular flexibility index (Phi) is 8.28. The summed E-state index contributed by atoms with van der Waals surface area (Å²) >= 11 is 0. The molecule has 2 N–H and O–H groups in total. The molecule has 0 unspecified atom stereocenters.